The van der Waals surface area contributed by atoms with Crippen molar-refractivity contribution in [2.24, 2.45) is 0 Å². The fourth-order valence-electron chi connectivity index (χ4n) is 2.37. The Morgan fingerprint density at radius 1 is 1.17 bits per heavy atom. The van der Waals surface area contributed by atoms with Gasteiger partial charge in [-0.1, -0.05) is 30.3 Å². The molecule has 0 saturated carbocycles. The first-order valence-electron chi connectivity index (χ1n) is 7.56. The zero-order valence-corrected chi connectivity index (χ0v) is 13.0. The van der Waals surface area contributed by atoms with Crippen molar-refractivity contribution in [2.45, 2.75) is 13.1 Å². The lowest BCUT2D eigenvalue weighted by Gasteiger charge is -2.07. The molecule has 2 aromatic carbocycles. The Bertz CT molecular complexity index is 861. The number of hydrogen-bond acceptors (Lipinski definition) is 3. The van der Waals surface area contributed by atoms with Gasteiger partial charge < -0.3 is 9.88 Å². The van der Waals surface area contributed by atoms with Gasteiger partial charge in [-0.25, -0.2) is 4.98 Å². The SMILES string of the molecule is N#Cc1cccc(C(=O)NCc2ccc(Cn3ccnc3)cc2)c1. The van der Waals surface area contributed by atoms with Crippen LogP contribution in [-0.4, -0.2) is 15.5 Å². The van der Waals surface area contributed by atoms with Gasteiger partial charge in [0.1, 0.15) is 0 Å². The van der Waals surface area contributed by atoms with E-state index in [1.54, 1.807) is 36.8 Å². The molecule has 0 atom stereocenters. The number of rotatable bonds is 5. The highest BCUT2D eigenvalue weighted by Crippen LogP contribution is 2.08. The van der Waals surface area contributed by atoms with Crippen LogP contribution < -0.4 is 5.32 Å². The van der Waals surface area contributed by atoms with Crippen molar-refractivity contribution in [3.63, 3.8) is 0 Å². The highest BCUT2D eigenvalue weighted by molar-refractivity contribution is 5.94. The third-order valence-electron chi connectivity index (χ3n) is 3.65. The molecule has 3 rings (SSSR count). The topological polar surface area (TPSA) is 70.7 Å². The number of carbonyl (C=O) groups excluding carboxylic acids is 1. The minimum Gasteiger partial charge on any atom is -0.348 e. The number of nitrogens with one attached hydrogen (secondary N) is 1. The van der Waals surface area contributed by atoms with E-state index in [9.17, 15) is 4.79 Å². The number of nitrogens with zero attached hydrogens (tertiary/aromatic N) is 3. The maximum atomic E-state index is 12.1. The summed E-state index contributed by atoms with van der Waals surface area (Å²) in [7, 11) is 0. The molecule has 0 fully saturated rings. The van der Waals surface area contributed by atoms with Crippen molar-refractivity contribution in [2.75, 3.05) is 0 Å². The Morgan fingerprint density at radius 2 is 1.96 bits per heavy atom. The van der Waals surface area contributed by atoms with Crippen LogP contribution in [0, 0.1) is 11.3 Å². The molecule has 1 aromatic heterocycles. The zero-order chi connectivity index (χ0) is 16.8. The maximum absolute atomic E-state index is 12.1. The number of hydrogen-bond donors (Lipinski definition) is 1. The highest BCUT2D eigenvalue weighted by Gasteiger charge is 2.06. The number of carbonyl (C=O) groups is 1. The van der Waals surface area contributed by atoms with Gasteiger partial charge in [0.2, 0.25) is 0 Å². The fourth-order valence-corrected chi connectivity index (χ4v) is 2.37. The van der Waals surface area contributed by atoms with Crippen LogP contribution in [0.5, 0.6) is 0 Å². The Hall–Kier alpha value is -3.39. The van der Waals surface area contributed by atoms with Gasteiger partial charge in [-0.05, 0) is 29.3 Å². The summed E-state index contributed by atoms with van der Waals surface area (Å²) in [6, 6.07) is 16.8. The largest absolute Gasteiger partial charge is 0.348 e. The molecule has 1 N–H and O–H groups in total. The molecule has 0 unspecified atom stereocenters. The summed E-state index contributed by atoms with van der Waals surface area (Å²) in [4.78, 5) is 16.2. The van der Waals surface area contributed by atoms with Crippen LogP contribution >= 0.6 is 0 Å². The number of benzene rings is 2. The molecule has 0 spiro atoms. The Kier molecular flexibility index (Phi) is 4.68. The van der Waals surface area contributed by atoms with Crippen LogP contribution in [0.4, 0.5) is 0 Å². The van der Waals surface area contributed by atoms with Crippen molar-refractivity contribution in [1.29, 1.82) is 5.26 Å². The summed E-state index contributed by atoms with van der Waals surface area (Å²) in [5.41, 5.74) is 3.16. The van der Waals surface area contributed by atoms with Crippen molar-refractivity contribution in [3.05, 3.63) is 89.5 Å². The van der Waals surface area contributed by atoms with Crippen LogP contribution in [0.25, 0.3) is 0 Å². The molecule has 1 heterocycles. The van der Waals surface area contributed by atoms with Gasteiger partial charge in [0.15, 0.2) is 0 Å². The van der Waals surface area contributed by atoms with Gasteiger partial charge in [0.05, 0.1) is 18.0 Å². The lowest BCUT2D eigenvalue weighted by molar-refractivity contribution is 0.0951. The molecule has 0 aliphatic heterocycles. The molecular formula is C19H16N4O. The van der Waals surface area contributed by atoms with Gasteiger partial charge in [0, 0.05) is 31.0 Å². The molecule has 118 valence electrons. The van der Waals surface area contributed by atoms with E-state index in [4.69, 9.17) is 5.26 Å². The minimum atomic E-state index is -0.186. The van der Waals surface area contributed by atoms with Crippen molar-refractivity contribution < 1.29 is 4.79 Å². The lowest BCUT2D eigenvalue weighted by Crippen LogP contribution is -2.22. The Labute approximate surface area is 140 Å². The Morgan fingerprint density at radius 3 is 2.67 bits per heavy atom. The highest BCUT2D eigenvalue weighted by atomic mass is 16.1. The van der Waals surface area contributed by atoms with Crippen LogP contribution in [-0.2, 0) is 13.1 Å². The molecule has 0 aliphatic carbocycles. The van der Waals surface area contributed by atoms with E-state index in [2.05, 4.69) is 10.3 Å². The van der Waals surface area contributed by atoms with E-state index in [1.807, 2.05) is 41.1 Å². The first-order valence-corrected chi connectivity index (χ1v) is 7.56. The summed E-state index contributed by atoms with van der Waals surface area (Å²) >= 11 is 0. The summed E-state index contributed by atoms with van der Waals surface area (Å²) in [6.45, 7) is 1.22. The first kappa shape index (κ1) is 15.5. The molecule has 0 saturated heterocycles. The predicted octanol–water partition coefficient (Wildman–Crippen LogP) is 2.73. The van der Waals surface area contributed by atoms with E-state index in [-0.39, 0.29) is 5.91 Å². The monoisotopic (exact) mass is 316 g/mol. The van der Waals surface area contributed by atoms with Gasteiger partial charge in [-0.2, -0.15) is 5.26 Å². The van der Waals surface area contributed by atoms with Crippen LogP contribution in [0.1, 0.15) is 27.0 Å². The van der Waals surface area contributed by atoms with Gasteiger partial charge in [-0.15, -0.1) is 0 Å². The quantitative estimate of drug-likeness (QED) is 0.787. The van der Waals surface area contributed by atoms with E-state index in [1.165, 1.54) is 5.56 Å². The summed E-state index contributed by atoms with van der Waals surface area (Å²) in [6.07, 6.45) is 5.46. The molecule has 0 bridgehead atoms. The van der Waals surface area contributed by atoms with E-state index in [0.717, 1.165) is 12.1 Å². The van der Waals surface area contributed by atoms with Crippen LogP contribution in [0.15, 0.2) is 67.3 Å². The van der Waals surface area contributed by atoms with Gasteiger partial charge in [-0.3, -0.25) is 4.79 Å². The number of amides is 1. The van der Waals surface area contributed by atoms with Gasteiger partial charge >= 0.3 is 0 Å². The van der Waals surface area contributed by atoms with Crippen molar-refractivity contribution in [3.8, 4) is 6.07 Å². The molecule has 0 aliphatic rings. The molecular weight excluding hydrogens is 300 g/mol. The summed E-state index contributed by atoms with van der Waals surface area (Å²) in [5, 5.41) is 11.8. The average Bonchev–Trinajstić information content (AvgIpc) is 3.14. The summed E-state index contributed by atoms with van der Waals surface area (Å²) in [5.74, 6) is -0.186. The van der Waals surface area contributed by atoms with Crippen LogP contribution in [0.2, 0.25) is 0 Å². The molecule has 5 heteroatoms. The minimum absolute atomic E-state index is 0.186. The molecule has 1 amide bonds. The van der Waals surface area contributed by atoms with E-state index in [0.29, 0.717) is 17.7 Å². The number of aromatic nitrogens is 2. The number of imidazole rings is 1. The second kappa shape index (κ2) is 7.25. The predicted molar refractivity (Wildman–Crippen MR) is 90.1 cm³/mol. The van der Waals surface area contributed by atoms with Crippen molar-refractivity contribution >= 4 is 5.91 Å². The zero-order valence-electron chi connectivity index (χ0n) is 13.0. The van der Waals surface area contributed by atoms with Gasteiger partial charge in [0.25, 0.3) is 5.91 Å². The fraction of sp³-hybridized carbons (Fsp3) is 0.105. The molecule has 3 aromatic rings. The molecule has 5 nitrogen and oxygen atoms in total. The molecule has 0 radical (unpaired) electrons. The Balaban J connectivity index is 1.58. The second-order valence-corrected chi connectivity index (χ2v) is 5.43. The third-order valence-corrected chi connectivity index (χ3v) is 3.65. The van der Waals surface area contributed by atoms with E-state index >= 15 is 0 Å². The van der Waals surface area contributed by atoms with E-state index < -0.39 is 0 Å². The summed E-state index contributed by atoms with van der Waals surface area (Å²) < 4.78 is 2.00. The standard InChI is InChI=1S/C19H16N4O/c20-11-17-2-1-3-18(10-17)19(24)22-12-15-4-6-16(7-5-15)13-23-9-8-21-14-23/h1-10,14H,12-13H2,(H,22,24). The van der Waals surface area contributed by atoms with Crippen molar-refractivity contribution in [1.82, 2.24) is 14.9 Å². The average molecular weight is 316 g/mol. The molecule has 24 heavy (non-hydrogen) atoms. The third kappa shape index (κ3) is 3.87. The smallest absolute Gasteiger partial charge is 0.251 e. The maximum Gasteiger partial charge on any atom is 0.251 e. The first-order chi connectivity index (χ1) is 11.7. The second-order valence-electron chi connectivity index (χ2n) is 5.43. The normalized spacial score (nSPS) is 10.1. The number of nitriles is 1. The lowest BCUT2D eigenvalue weighted by atomic mass is 10.1. The van der Waals surface area contributed by atoms with Crippen LogP contribution in [0.3, 0.4) is 0 Å².